The summed E-state index contributed by atoms with van der Waals surface area (Å²) < 4.78 is 49.5. The lowest BCUT2D eigenvalue weighted by Gasteiger charge is -2.25. The van der Waals surface area contributed by atoms with Crippen LogP contribution in [0.1, 0.15) is 33.6 Å². The molecule has 0 aliphatic carbocycles. The molecule has 3 aromatic carbocycles. The molecule has 4 unspecified atom stereocenters. The maximum Gasteiger partial charge on any atom is 0.338 e. The van der Waals surface area contributed by atoms with Crippen molar-refractivity contribution in [2.24, 2.45) is 5.92 Å². The molecule has 1 aliphatic rings. The van der Waals surface area contributed by atoms with Gasteiger partial charge in [0.1, 0.15) is 19.0 Å². The predicted octanol–water partition coefficient (Wildman–Crippen LogP) is 3.92. The predicted molar refractivity (Wildman–Crippen MR) is 149 cm³/mol. The molecule has 0 N–H and O–H groups in total. The first kappa shape index (κ1) is 30.1. The molecule has 0 amide bonds. The third-order valence-corrected chi connectivity index (χ3v) is 8.73. The molecule has 41 heavy (non-hydrogen) atoms. The van der Waals surface area contributed by atoms with Crippen molar-refractivity contribution in [2.75, 3.05) is 19.5 Å². The van der Waals surface area contributed by atoms with Gasteiger partial charge in [-0.1, -0.05) is 54.6 Å². The Kier molecular flexibility index (Phi) is 10.4. The van der Waals surface area contributed by atoms with Gasteiger partial charge >= 0.3 is 11.9 Å². The zero-order valence-corrected chi connectivity index (χ0v) is 23.4. The van der Waals surface area contributed by atoms with E-state index >= 15 is 0 Å². The second kappa shape index (κ2) is 14.2. The fourth-order valence-corrected chi connectivity index (χ4v) is 6.62. The molecule has 0 saturated carbocycles. The Hall–Kier alpha value is -3.86. The fraction of sp³-hybridized carbons (Fsp3) is 0.323. The summed E-state index contributed by atoms with van der Waals surface area (Å²) in [5, 5.41) is 0. The van der Waals surface area contributed by atoms with Crippen molar-refractivity contribution >= 4 is 28.1 Å². The van der Waals surface area contributed by atoms with E-state index in [1.54, 1.807) is 78.9 Å². The van der Waals surface area contributed by atoms with Crippen molar-refractivity contribution in [3.05, 3.63) is 102 Å². The minimum Gasteiger partial charge on any atom is -0.458 e. The van der Waals surface area contributed by atoms with Crippen LogP contribution in [0.5, 0.6) is 0 Å². The van der Waals surface area contributed by atoms with E-state index in [-0.39, 0.29) is 30.1 Å². The Labute approximate surface area is 239 Å². The third-order valence-electron chi connectivity index (χ3n) is 6.92. The highest BCUT2D eigenvalue weighted by Crippen LogP contribution is 2.36. The standard InChI is InChI=1S/C31H32O9S/c1-37-29-26(21-41(35,36)25-15-9-4-10-16-25)27(17-18-32)40-28(29)19-24(39-31(34)23-13-7-3-8-14-23)20-38-30(33)22-11-5-2-6-12-22/h2-16,18,24,26-29H,17,19-21H2,1H3/t24?,26?,27?,28?,29-/m1/s1. The number of hydrogen-bond acceptors (Lipinski definition) is 9. The summed E-state index contributed by atoms with van der Waals surface area (Å²) in [6.45, 7) is -0.270. The maximum absolute atomic E-state index is 13.2. The van der Waals surface area contributed by atoms with E-state index in [1.165, 1.54) is 19.2 Å². The smallest absolute Gasteiger partial charge is 0.338 e. The molecule has 0 spiro atoms. The van der Waals surface area contributed by atoms with Gasteiger partial charge in [0.15, 0.2) is 9.84 Å². The van der Waals surface area contributed by atoms with Crippen molar-refractivity contribution < 1.29 is 41.7 Å². The van der Waals surface area contributed by atoms with Gasteiger partial charge in [0.25, 0.3) is 0 Å². The zero-order chi connectivity index (χ0) is 29.2. The van der Waals surface area contributed by atoms with Gasteiger partial charge in [-0.25, -0.2) is 18.0 Å². The van der Waals surface area contributed by atoms with Crippen molar-refractivity contribution in [3.8, 4) is 0 Å². The van der Waals surface area contributed by atoms with Gasteiger partial charge in [-0.05, 0) is 36.4 Å². The number of ether oxygens (including phenoxy) is 4. The molecule has 0 aromatic heterocycles. The summed E-state index contributed by atoms with van der Waals surface area (Å²) in [5.41, 5.74) is 0.651. The molecule has 1 fully saturated rings. The Balaban J connectivity index is 1.54. The molecular formula is C31H32O9S. The Morgan fingerprint density at radius 1 is 0.854 bits per heavy atom. The Morgan fingerprint density at radius 3 is 1.98 bits per heavy atom. The summed E-state index contributed by atoms with van der Waals surface area (Å²) in [7, 11) is -2.29. The van der Waals surface area contributed by atoms with E-state index in [4.69, 9.17) is 18.9 Å². The highest BCUT2D eigenvalue weighted by atomic mass is 32.2. The summed E-state index contributed by atoms with van der Waals surface area (Å²) in [6.07, 6.45) is -2.49. The second-order valence-corrected chi connectivity index (χ2v) is 11.7. The molecule has 5 atom stereocenters. The first-order valence-electron chi connectivity index (χ1n) is 13.2. The van der Waals surface area contributed by atoms with Gasteiger partial charge in [-0.2, -0.15) is 0 Å². The van der Waals surface area contributed by atoms with Gasteiger partial charge in [0.05, 0.1) is 40.1 Å². The van der Waals surface area contributed by atoms with Crippen molar-refractivity contribution in [3.63, 3.8) is 0 Å². The normalized spacial score (nSPS) is 21.1. The van der Waals surface area contributed by atoms with Crippen LogP contribution in [0.15, 0.2) is 95.9 Å². The number of hydrogen-bond donors (Lipinski definition) is 0. The molecule has 1 aliphatic heterocycles. The zero-order valence-electron chi connectivity index (χ0n) is 22.5. The van der Waals surface area contributed by atoms with E-state index < -0.39 is 52.1 Å². The average Bonchev–Trinajstić information content (AvgIpc) is 3.31. The van der Waals surface area contributed by atoms with E-state index in [0.29, 0.717) is 17.4 Å². The lowest BCUT2D eigenvalue weighted by Crippen LogP contribution is -2.38. The quantitative estimate of drug-likeness (QED) is 0.219. The van der Waals surface area contributed by atoms with Crippen molar-refractivity contribution in [2.45, 2.75) is 42.2 Å². The van der Waals surface area contributed by atoms with Gasteiger partial charge < -0.3 is 23.7 Å². The van der Waals surface area contributed by atoms with Gasteiger partial charge in [0, 0.05) is 25.9 Å². The Morgan fingerprint density at radius 2 is 1.41 bits per heavy atom. The third kappa shape index (κ3) is 7.87. The number of sulfone groups is 1. The van der Waals surface area contributed by atoms with Crippen LogP contribution in [0.3, 0.4) is 0 Å². The van der Waals surface area contributed by atoms with E-state index in [0.717, 1.165) is 0 Å². The van der Waals surface area contributed by atoms with E-state index in [9.17, 15) is 22.8 Å². The monoisotopic (exact) mass is 580 g/mol. The molecule has 216 valence electrons. The molecule has 1 heterocycles. The summed E-state index contributed by atoms with van der Waals surface area (Å²) in [4.78, 5) is 37.2. The summed E-state index contributed by atoms with van der Waals surface area (Å²) in [5.74, 6) is -2.18. The number of methoxy groups -OCH3 is 1. The van der Waals surface area contributed by atoms with Gasteiger partial charge in [0.2, 0.25) is 0 Å². The van der Waals surface area contributed by atoms with Crippen LogP contribution >= 0.6 is 0 Å². The number of rotatable bonds is 13. The van der Waals surface area contributed by atoms with Gasteiger partial charge in [-0.15, -0.1) is 0 Å². The molecule has 3 aromatic rings. The second-order valence-electron chi connectivity index (χ2n) is 9.67. The average molecular weight is 581 g/mol. The largest absolute Gasteiger partial charge is 0.458 e. The SMILES string of the molecule is CO[C@H]1C(CC(COC(=O)c2ccccc2)OC(=O)c2ccccc2)OC(CC=O)C1CS(=O)(=O)c1ccccc1. The van der Waals surface area contributed by atoms with Gasteiger partial charge in [-0.3, -0.25) is 0 Å². The molecule has 4 rings (SSSR count). The lowest BCUT2D eigenvalue weighted by molar-refractivity contribution is -0.111. The first-order valence-corrected chi connectivity index (χ1v) is 14.9. The highest BCUT2D eigenvalue weighted by Gasteiger charge is 2.47. The summed E-state index contributed by atoms with van der Waals surface area (Å²) in [6, 6.07) is 24.8. The molecular weight excluding hydrogens is 548 g/mol. The molecule has 0 radical (unpaired) electrons. The molecule has 10 heteroatoms. The van der Waals surface area contributed by atoms with Crippen LogP contribution in [0.2, 0.25) is 0 Å². The minimum absolute atomic E-state index is 0.0381. The minimum atomic E-state index is -3.73. The molecule has 9 nitrogen and oxygen atoms in total. The topological polar surface area (TPSA) is 122 Å². The number of benzene rings is 3. The van der Waals surface area contributed by atoms with Crippen molar-refractivity contribution in [1.29, 1.82) is 0 Å². The van der Waals surface area contributed by atoms with Crippen LogP contribution in [-0.2, 0) is 33.6 Å². The van der Waals surface area contributed by atoms with Crippen molar-refractivity contribution in [1.82, 2.24) is 0 Å². The van der Waals surface area contributed by atoms with E-state index in [2.05, 4.69) is 0 Å². The number of carbonyl (C=O) groups excluding carboxylic acids is 3. The molecule has 0 bridgehead atoms. The van der Waals surface area contributed by atoms with E-state index in [1.807, 2.05) is 0 Å². The Bertz CT molecular complexity index is 1400. The number of aldehydes is 1. The summed E-state index contributed by atoms with van der Waals surface area (Å²) >= 11 is 0. The van der Waals surface area contributed by atoms with Crippen LogP contribution in [0.25, 0.3) is 0 Å². The lowest BCUT2D eigenvalue weighted by atomic mass is 9.94. The number of esters is 2. The van der Waals surface area contributed by atoms with Crippen LogP contribution in [-0.4, -0.2) is 70.5 Å². The molecule has 1 saturated heterocycles. The van der Waals surface area contributed by atoms with Crippen LogP contribution in [0.4, 0.5) is 0 Å². The van der Waals surface area contributed by atoms with Crippen LogP contribution < -0.4 is 0 Å². The maximum atomic E-state index is 13.2. The van der Waals surface area contributed by atoms with Crippen LogP contribution in [0, 0.1) is 5.92 Å². The number of carbonyl (C=O) groups is 3. The first-order chi connectivity index (χ1) is 19.8. The highest BCUT2D eigenvalue weighted by molar-refractivity contribution is 7.91. The fourth-order valence-electron chi connectivity index (χ4n) is 4.94.